The second-order valence-electron chi connectivity index (χ2n) is 4.69. The Morgan fingerprint density at radius 2 is 2.00 bits per heavy atom. The average molecular weight is 285 g/mol. The van der Waals surface area contributed by atoms with Gasteiger partial charge in [-0.3, -0.25) is 0 Å². The minimum Gasteiger partial charge on any atom is -0.362 e. The minimum absolute atomic E-state index is 0.621. The summed E-state index contributed by atoms with van der Waals surface area (Å²) in [5, 5.41) is 6.91. The lowest BCUT2D eigenvalue weighted by Crippen LogP contribution is -2.29. The van der Waals surface area contributed by atoms with Crippen LogP contribution in [0.3, 0.4) is 0 Å². The van der Waals surface area contributed by atoms with Crippen LogP contribution >= 0.6 is 12.2 Å². The average Bonchev–Trinajstić information content (AvgIpc) is 2.45. The molecule has 0 aliphatic heterocycles. The van der Waals surface area contributed by atoms with Crippen LogP contribution in [0.15, 0.2) is 48.7 Å². The summed E-state index contributed by atoms with van der Waals surface area (Å²) >= 11 is 5.25. The Kier molecular flexibility index (Phi) is 5.50. The maximum Gasteiger partial charge on any atom is 0.171 e. The van der Waals surface area contributed by atoms with Crippen molar-refractivity contribution < 1.29 is 0 Å². The predicted molar refractivity (Wildman–Crippen MR) is 88.0 cm³/mol. The Morgan fingerprint density at radius 3 is 2.75 bits per heavy atom. The molecule has 1 aromatic heterocycles. The van der Waals surface area contributed by atoms with Gasteiger partial charge in [0.2, 0.25) is 0 Å². The van der Waals surface area contributed by atoms with Gasteiger partial charge in [-0.05, 0) is 55.2 Å². The lowest BCUT2D eigenvalue weighted by atomic mass is 10.1. The molecule has 1 aromatic carbocycles. The molecular formula is C16H19N3S. The second-order valence-corrected chi connectivity index (χ2v) is 5.10. The molecule has 0 fully saturated rings. The van der Waals surface area contributed by atoms with Crippen LogP contribution in [0.5, 0.6) is 0 Å². The van der Waals surface area contributed by atoms with Crippen LogP contribution in [0.1, 0.15) is 17.5 Å². The van der Waals surface area contributed by atoms with Gasteiger partial charge in [-0.1, -0.05) is 30.3 Å². The number of benzene rings is 1. The van der Waals surface area contributed by atoms with Crippen LogP contribution in [-0.4, -0.2) is 16.6 Å². The molecule has 0 spiro atoms. The number of thiocarbonyl (C=S) groups is 1. The lowest BCUT2D eigenvalue weighted by molar-refractivity contribution is 0.777. The standard InChI is InChI=1S/C16H19N3S/c1-13-9-11-17-15(12-13)19-16(20)18-10-5-8-14-6-3-2-4-7-14/h2-4,6-7,9,11-12H,5,8,10H2,1H3,(H2,17,18,19,20). The molecule has 3 nitrogen and oxygen atoms in total. The van der Waals surface area contributed by atoms with E-state index in [0.717, 1.165) is 30.8 Å². The number of hydrogen-bond acceptors (Lipinski definition) is 2. The molecule has 0 saturated heterocycles. The Hall–Kier alpha value is -1.94. The number of rotatable bonds is 5. The van der Waals surface area contributed by atoms with Crippen molar-refractivity contribution in [1.29, 1.82) is 0 Å². The largest absolute Gasteiger partial charge is 0.362 e. The highest BCUT2D eigenvalue weighted by atomic mass is 32.1. The third kappa shape index (κ3) is 4.97. The molecule has 0 bridgehead atoms. The van der Waals surface area contributed by atoms with Crippen molar-refractivity contribution in [2.75, 3.05) is 11.9 Å². The van der Waals surface area contributed by atoms with Crippen molar-refractivity contribution in [3.8, 4) is 0 Å². The third-order valence-electron chi connectivity index (χ3n) is 2.93. The highest BCUT2D eigenvalue weighted by molar-refractivity contribution is 7.80. The summed E-state index contributed by atoms with van der Waals surface area (Å²) in [6.45, 7) is 2.88. The lowest BCUT2D eigenvalue weighted by Gasteiger charge is -2.10. The summed E-state index contributed by atoms with van der Waals surface area (Å²) in [5.41, 5.74) is 2.52. The smallest absolute Gasteiger partial charge is 0.171 e. The van der Waals surface area contributed by atoms with Crippen LogP contribution in [0, 0.1) is 6.92 Å². The number of pyridine rings is 1. The van der Waals surface area contributed by atoms with E-state index < -0.39 is 0 Å². The number of anilines is 1. The first-order valence-electron chi connectivity index (χ1n) is 6.75. The van der Waals surface area contributed by atoms with Gasteiger partial charge in [-0.25, -0.2) is 4.98 Å². The molecule has 0 saturated carbocycles. The van der Waals surface area contributed by atoms with Gasteiger partial charge in [0.15, 0.2) is 5.11 Å². The zero-order chi connectivity index (χ0) is 14.2. The molecule has 2 N–H and O–H groups in total. The first-order chi connectivity index (χ1) is 9.74. The summed E-state index contributed by atoms with van der Waals surface area (Å²) in [4.78, 5) is 4.22. The van der Waals surface area contributed by atoms with E-state index in [-0.39, 0.29) is 0 Å². The summed E-state index contributed by atoms with van der Waals surface area (Å²) in [5.74, 6) is 0.783. The third-order valence-corrected chi connectivity index (χ3v) is 3.17. The van der Waals surface area contributed by atoms with Gasteiger partial charge < -0.3 is 10.6 Å². The van der Waals surface area contributed by atoms with Crippen LogP contribution in [0.25, 0.3) is 0 Å². The molecule has 0 unspecified atom stereocenters. The number of aryl methyl sites for hydroxylation is 2. The number of hydrogen-bond donors (Lipinski definition) is 2. The van der Waals surface area contributed by atoms with E-state index in [4.69, 9.17) is 12.2 Å². The molecule has 1 heterocycles. The predicted octanol–water partition coefficient (Wildman–Crippen LogP) is 3.31. The fraction of sp³-hybridized carbons (Fsp3) is 0.250. The molecule has 104 valence electrons. The van der Waals surface area contributed by atoms with Gasteiger partial charge in [0, 0.05) is 12.7 Å². The fourth-order valence-corrected chi connectivity index (χ4v) is 2.11. The molecule has 4 heteroatoms. The molecule has 0 aliphatic carbocycles. The highest BCUT2D eigenvalue weighted by Crippen LogP contribution is 2.05. The Balaban J connectivity index is 1.68. The van der Waals surface area contributed by atoms with Crippen molar-refractivity contribution >= 4 is 23.1 Å². The maximum absolute atomic E-state index is 5.25. The zero-order valence-corrected chi connectivity index (χ0v) is 12.4. The van der Waals surface area contributed by atoms with E-state index >= 15 is 0 Å². The Bertz CT molecular complexity index is 555. The topological polar surface area (TPSA) is 37.0 Å². The van der Waals surface area contributed by atoms with Gasteiger partial charge in [0.05, 0.1) is 0 Å². The normalized spacial score (nSPS) is 10.1. The van der Waals surface area contributed by atoms with Gasteiger partial charge in [0.1, 0.15) is 5.82 Å². The van der Waals surface area contributed by atoms with Crippen molar-refractivity contribution in [3.63, 3.8) is 0 Å². The van der Waals surface area contributed by atoms with E-state index in [1.807, 2.05) is 25.1 Å². The number of nitrogens with one attached hydrogen (secondary N) is 2. The van der Waals surface area contributed by atoms with Crippen molar-refractivity contribution in [1.82, 2.24) is 10.3 Å². The minimum atomic E-state index is 0.621. The van der Waals surface area contributed by atoms with Crippen LogP contribution in [0.4, 0.5) is 5.82 Å². The zero-order valence-electron chi connectivity index (χ0n) is 11.6. The van der Waals surface area contributed by atoms with E-state index in [0.29, 0.717) is 5.11 Å². The monoisotopic (exact) mass is 285 g/mol. The van der Waals surface area contributed by atoms with Crippen molar-refractivity contribution in [2.45, 2.75) is 19.8 Å². The van der Waals surface area contributed by atoms with Crippen LogP contribution < -0.4 is 10.6 Å². The van der Waals surface area contributed by atoms with Gasteiger partial charge in [0.25, 0.3) is 0 Å². The van der Waals surface area contributed by atoms with Crippen LogP contribution in [-0.2, 0) is 6.42 Å². The van der Waals surface area contributed by atoms with E-state index in [1.165, 1.54) is 5.56 Å². The van der Waals surface area contributed by atoms with Gasteiger partial charge >= 0.3 is 0 Å². The fourth-order valence-electron chi connectivity index (χ4n) is 1.90. The Labute approximate surface area is 125 Å². The Morgan fingerprint density at radius 1 is 1.20 bits per heavy atom. The quantitative estimate of drug-likeness (QED) is 0.653. The molecule has 2 rings (SSSR count). The molecule has 20 heavy (non-hydrogen) atoms. The first-order valence-corrected chi connectivity index (χ1v) is 7.16. The molecule has 0 radical (unpaired) electrons. The summed E-state index contributed by atoms with van der Waals surface area (Å²) in [7, 11) is 0. The maximum atomic E-state index is 5.25. The molecule has 0 atom stereocenters. The van der Waals surface area contributed by atoms with E-state index in [2.05, 4.69) is 39.9 Å². The van der Waals surface area contributed by atoms with Crippen molar-refractivity contribution in [2.24, 2.45) is 0 Å². The second kappa shape index (κ2) is 7.60. The summed E-state index contributed by atoms with van der Waals surface area (Å²) in [6, 6.07) is 14.4. The van der Waals surface area contributed by atoms with Gasteiger partial charge in [-0.2, -0.15) is 0 Å². The van der Waals surface area contributed by atoms with Crippen molar-refractivity contribution in [3.05, 3.63) is 59.8 Å². The van der Waals surface area contributed by atoms with Gasteiger partial charge in [-0.15, -0.1) is 0 Å². The summed E-state index contributed by atoms with van der Waals surface area (Å²) < 4.78 is 0. The summed E-state index contributed by atoms with van der Waals surface area (Å²) in [6.07, 6.45) is 3.88. The highest BCUT2D eigenvalue weighted by Gasteiger charge is 1.98. The SMILES string of the molecule is Cc1ccnc(NC(=S)NCCCc2ccccc2)c1. The molecule has 2 aromatic rings. The van der Waals surface area contributed by atoms with Crippen LogP contribution in [0.2, 0.25) is 0 Å². The van der Waals surface area contributed by atoms with E-state index in [9.17, 15) is 0 Å². The number of aromatic nitrogens is 1. The number of nitrogens with zero attached hydrogens (tertiary/aromatic N) is 1. The molecular weight excluding hydrogens is 266 g/mol. The first kappa shape index (κ1) is 14.5. The van der Waals surface area contributed by atoms with E-state index in [1.54, 1.807) is 6.20 Å². The molecule has 0 aliphatic rings. The molecule has 0 amide bonds.